The van der Waals surface area contributed by atoms with Crippen LogP contribution in [0.15, 0.2) is 41.3 Å². The minimum absolute atomic E-state index is 0.0661. The molecule has 4 nitrogen and oxygen atoms in total. The first-order chi connectivity index (χ1) is 11.7. The largest absolute Gasteiger partial charge is 0.486 e. The van der Waals surface area contributed by atoms with Crippen molar-refractivity contribution in [3.8, 4) is 11.5 Å². The number of ether oxygens (including phenoxy) is 2. The van der Waals surface area contributed by atoms with Gasteiger partial charge in [-0.25, -0.2) is 0 Å². The van der Waals surface area contributed by atoms with Crippen LogP contribution in [0.5, 0.6) is 11.5 Å². The van der Waals surface area contributed by atoms with Gasteiger partial charge in [0.1, 0.15) is 13.2 Å². The second-order valence-electron chi connectivity index (χ2n) is 5.31. The van der Waals surface area contributed by atoms with Crippen LogP contribution in [0.25, 0.3) is 0 Å². The van der Waals surface area contributed by atoms with Gasteiger partial charge in [-0.2, -0.15) is 0 Å². The van der Waals surface area contributed by atoms with Gasteiger partial charge in [-0.3, -0.25) is 4.79 Å². The Morgan fingerprint density at radius 3 is 2.88 bits per heavy atom. The van der Waals surface area contributed by atoms with Crippen LogP contribution in [-0.2, 0) is 6.42 Å². The molecule has 0 spiro atoms. The van der Waals surface area contributed by atoms with E-state index in [1.807, 2.05) is 42.7 Å². The van der Waals surface area contributed by atoms with Crippen LogP contribution in [0.3, 0.4) is 0 Å². The molecule has 0 bridgehead atoms. The fourth-order valence-electron chi connectivity index (χ4n) is 2.56. The molecule has 1 aliphatic heterocycles. The molecule has 1 N–H and O–H groups in total. The van der Waals surface area contributed by atoms with Gasteiger partial charge in [-0.05, 0) is 42.5 Å². The summed E-state index contributed by atoms with van der Waals surface area (Å²) in [5, 5.41) is 3.50. The second-order valence-corrected chi connectivity index (χ2v) is 6.56. The third-order valence-corrected chi connectivity index (χ3v) is 4.78. The highest BCUT2D eigenvalue weighted by Crippen LogP contribution is 2.38. The first-order valence-corrected chi connectivity index (χ1v) is 9.28. The molecule has 0 saturated heterocycles. The van der Waals surface area contributed by atoms with E-state index in [0.717, 1.165) is 10.5 Å². The Morgan fingerprint density at radius 2 is 2.04 bits per heavy atom. The Morgan fingerprint density at radius 1 is 1.25 bits per heavy atom. The minimum Gasteiger partial charge on any atom is -0.486 e. The number of halogens is 1. The molecule has 0 saturated carbocycles. The molecule has 0 aliphatic carbocycles. The zero-order chi connectivity index (χ0) is 16.9. The van der Waals surface area contributed by atoms with Crippen molar-refractivity contribution in [3.63, 3.8) is 0 Å². The summed E-state index contributed by atoms with van der Waals surface area (Å²) in [6, 6.07) is 11.4. The highest BCUT2D eigenvalue weighted by atomic mass is 35.5. The Labute approximate surface area is 150 Å². The predicted octanol–water partition coefficient (Wildman–Crippen LogP) is 3.81. The number of thioether (sulfide) groups is 1. The summed E-state index contributed by atoms with van der Waals surface area (Å²) in [6.45, 7) is 1.56. The van der Waals surface area contributed by atoms with Crippen molar-refractivity contribution < 1.29 is 14.3 Å². The van der Waals surface area contributed by atoms with Crippen molar-refractivity contribution in [2.24, 2.45) is 0 Å². The van der Waals surface area contributed by atoms with Gasteiger partial charge in [0.25, 0.3) is 5.91 Å². The van der Waals surface area contributed by atoms with Gasteiger partial charge in [0.15, 0.2) is 11.5 Å². The predicted molar refractivity (Wildman–Crippen MR) is 96.7 cm³/mol. The zero-order valence-electron chi connectivity index (χ0n) is 13.3. The summed E-state index contributed by atoms with van der Waals surface area (Å²) in [5.74, 6) is 1.20. The van der Waals surface area contributed by atoms with E-state index in [1.54, 1.807) is 11.8 Å². The smallest absolute Gasteiger partial charge is 0.252 e. The van der Waals surface area contributed by atoms with Gasteiger partial charge in [-0.15, -0.1) is 11.8 Å². The van der Waals surface area contributed by atoms with Crippen LogP contribution in [0, 0.1) is 0 Å². The number of carbonyl (C=O) groups excluding carboxylic acids is 1. The van der Waals surface area contributed by atoms with E-state index < -0.39 is 0 Å². The molecule has 1 heterocycles. The summed E-state index contributed by atoms with van der Waals surface area (Å²) in [5.41, 5.74) is 1.70. The Hall–Kier alpha value is -1.85. The number of carbonyl (C=O) groups is 1. The summed E-state index contributed by atoms with van der Waals surface area (Å²) in [4.78, 5) is 13.3. The average molecular weight is 364 g/mol. The van der Waals surface area contributed by atoms with Gasteiger partial charge in [0, 0.05) is 11.4 Å². The highest BCUT2D eigenvalue weighted by Gasteiger charge is 2.17. The van der Waals surface area contributed by atoms with E-state index in [-0.39, 0.29) is 5.91 Å². The van der Waals surface area contributed by atoms with Gasteiger partial charge in [0.05, 0.1) is 10.6 Å². The van der Waals surface area contributed by atoms with Gasteiger partial charge in [-0.1, -0.05) is 23.7 Å². The molecule has 1 amide bonds. The van der Waals surface area contributed by atoms with Crippen molar-refractivity contribution >= 4 is 29.3 Å². The highest BCUT2D eigenvalue weighted by molar-refractivity contribution is 7.98. The van der Waals surface area contributed by atoms with Gasteiger partial charge < -0.3 is 14.8 Å². The third kappa shape index (κ3) is 3.79. The first-order valence-electron chi connectivity index (χ1n) is 7.68. The number of rotatable bonds is 5. The maximum absolute atomic E-state index is 12.3. The zero-order valence-corrected chi connectivity index (χ0v) is 14.9. The number of hydrogen-bond acceptors (Lipinski definition) is 4. The fraction of sp³-hybridized carbons (Fsp3) is 0.278. The van der Waals surface area contributed by atoms with Crippen molar-refractivity contribution in [3.05, 3.63) is 52.5 Å². The molecule has 126 valence electrons. The van der Waals surface area contributed by atoms with Crippen molar-refractivity contribution in [1.29, 1.82) is 0 Å². The molecule has 24 heavy (non-hydrogen) atoms. The number of fused-ring (bicyclic) bond motifs is 1. The molecule has 6 heteroatoms. The monoisotopic (exact) mass is 363 g/mol. The number of amides is 1. The summed E-state index contributed by atoms with van der Waals surface area (Å²) in [6.07, 6.45) is 2.63. The molecule has 0 fully saturated rings. The second kappa shape index (κ2) is 7.81. The molecule has 1 aliphatic rings. The molecule has 2 aromatic rings. The lowest BCUT2D eigenvalue weighted by atomic mass is 10.1. The van der Waals surface area contributed by atoms with Gasteiger partial charge in [0.2, 0.25) is 0 Å². The number of hydrogen-bond donors (Lipinski definition) is 1. The van der Waals surface area contributed by atoms with Crippen LogP contribution in [0.2, 0.25) is 5.02 Å². The quantitative estimate of drug-likeness (QED) is 0.821. The minimum atomic E-state index is -0.0661. The summed E-state index contributed by atoms with van der Waals surface area (Å²) >= 11 is 7.79. The van der Waals surface area contributed by atoms with E-state index in [2.05, 4.69) is 5.32 Å². The van der Waals surface area contributed by atoms with E-state index >= 15 is 0 Å². The van der Waals surface area contributed by atoms with E-state index in [4.69, 9.17) is 21.1 Å². The number of nitrogens with one attached hydrogen (secondary N) is 1. The van der Waals surface area contributed by atoms with Crippen LogP contribution < -0.4 is 14.8 Å². The fourth-order valence-corrected chi connectivity index (χ4v) is 3.44. The van der Waals surface area contributed by atoms with Crippen LogP contribution >= 0.6 is 23.4 Å². The summed E-state index contributed by atoms with van der Waals surface area (Å²) < 4.78 is 11.1. The van der Waals surface area contributed by atoms with Gasteiger partial charge >= 0.3 is 0 Å². The van der Waals surface area contributed by atoms with Crippen molar-refractivity contribution in [2.45, 2.75) is 11.3 Å². The SMILES string of the molecule is CSc1ccccc1C(=O)NCCc1cc(Cl)c2c(c1)OCCO2. The molecule has 2 aromatic carbocycles. The van der Waals surface area contributed by atoms with E-state index in [0.29, 0.717) is 48.3 Å². The first kappa shape index (κ1) is 17.0. The normalized spacial score (nSPS) is 12.8. The summed E-state index contributed by atoms with van der Waals surface area (Å²) in [7, 11) is 0. The molecule has 0 atom stereocenters. The third-order valence-electron chi connectivity index (χ3n) is 3.71. The van der Waals surface area contributed by atoms with E-state index in [1.165, 1.54) is 0 Å². The van der Waals surface area contributed by atoms with Crippen LogP contribution in [0.1, 0.15) is 15.9 Å². The Kier molecular flexibility index (Phi) is 5.53. The molecule has 0 radical (unpaired) electrons. The lowest BCUT2D eigenvalue weighted by molar-refractivity contribution is 0.0951. The standard InChI is InChI=1S/C18H18ClNO3S/c1-24-16-5-3-2-4-13(16)18(21)20-7-6-12-10-14(19)17-15(11-12)22-8-9-23-17/h2-5,10-11H,6-9H2,1H3,(H,20,21). The maximum atomic E-state index is 12.3. The lowest BCUT2D eigenvalue weighted by Crippen LogP contribution is -2.26. The maximum Gasteiger partial charge on any atom is 0.252 e. The Bertz CT molecular complexity index is 751. The average Bonchev–Trinajstić information content (AvgIpc) is 2.61. The van der Waals surface area contributed by atoms with Crippen LogP contribution in [-0.4, -0.2) is 31.9 Å². The van der Waals surface area contributed by atoms with Crippen LogP contribution in [0.4, 0.5) is 0 Å². The molecular formula is C18H18ClNO3S. The molecular weight excluding hydrogens is 346 g/mol. The molecule has 0 unspecified atom stereocenters. The molecule has 0 aromatic heterocycles. The van der Waals surface area contributed by atoms with E-state index in [9.17, 15) is 4.79 Å². The Balaban J connectivity index is 1.62. The van der Waals surface area contributed by atoms with Crippen molar-refractivity contribution in [2.75, 3.05) is 26.0 Å². The number of benzene rings is 2. The van der Waals surface area contributed by atoms with Crippen molar-refractivity contribution in [1.82, 2.24) is 5.32 Å². The lowest BCUT2D eigenvalue weighted by Gasteiger charge is -2.20. The molecule has 3 rings (SSSR count). The topological polar surface area (TPSA) is 47.6 Å².